The van der Waals surface area contributed by atoms with E-state index in [1.54, 1.807) is 4.90 Å². The van der Waals surface area contributed by atoms with Gasteiger partial charge in [0.25, 0.3) is 5.91 Å². The fourth-order valence-electron chi connectivity index (χ4n) is 4.09. The first-order chi connectivity index (χ1) is 12.4. The maximum Gasteiger partial charge on any atom is 0.259 e. The zero-order chi connectivity index (χ0) is 18.5. The van der Waals surface area contributed by atoms with E-state index in [2.05, 4.69) is 5.16 Å². The van der Waals surface area contributed by atoms with Crippen LogP contribution in [0.1, 0.15) is 10.4 Å². The summed E-state index contributed by atoms with van der Waals surface area (Å²) in [6, 6.07) is 9.29. The number of benzene rings is 1. The van der Waals surface area contributed by atoms with Crippen molar-refractivity contribution in [2.75, 3.05) is 32.9 Å². The SMILES string of the molecule is CN(C)[C@H]1CS(=O)(=O)[C@H]2CN(C(=O)c3conc3-c3ccccc3)C[C@@H]12. The highest BCUT2D eigenvalue weighted by atomic mass is 32.2. The van der Waals surface area contributed by atoms with Gasteiger partial charge < -0.3 is 14.3 Å². The fraction of sp³-hybridized carbons (Fsp3) is 0.444. The van der Waals surface area contributed by atoms with Crippen LogP contribution in [0.15, 0.2) is 41.1 Å². The molecule has 3 atom stereocenters. The quantitative estimate of drug-likeness (QED) is 0.800. The predicted octanol–water partition coefficient (Wildman–Crippen LogP) is 1.14. The largest absolute Gasteiger partial charge is 0.363 e. The second-order valence-corrected chi connectivity index (χ2v) is 9.48. The van der Waals surface area contributed by atoms with Crippen LogP contribution < -0.4 is 0 Å². The molecule has 0 saturated carbocycles. The fourth-order valence-corrected chi connectivity index (χ4v) is 6.57. The topological polar surface area (TPSA) is 83.7 Å². The summed E-state index contributed by atoms with van der Waals surface area (Å²) < 4.78 is 30.1. The molecule has 8 heteroatoms. The molecule has 2 aliphatic rings. The molecule has 1 aromatic heterocycles. The summed E-state index contributed by atoms with van der Waals surface area (Å²) in [6.45, 7) is 0.667. The Morgan fingerprint density at radius 3 is 2.65 bits per heavy atom. The molecule has 138 valence electrons. The molecule has 2 aromatic rings. The van der Waals surface area contributed by atoms with Crippen molar-refractivity contribution in [3.05, 3.63) is 42.2 Å². The van der Waals surface area contributed by atoms with Gasteiger partial charge >= 0.3 is 0 Å². The Balaban J connectivity index is 1.61. The molecular weight excluding hydrogens is 354 g/mol. The number of sulfone groups is 1. The lowest BCUT2D eigenvalue weighted by atomic mass is 10.00. The van der Waals surface area contributed by atoms with Gasteiger partial charge in [-0.2, -0.15) is 0 Å². The number of carbonyl (C=O) groups is 1. The number of carbonyl (C=O) groups excluding carboxylic acids is 1. The van der Waals surface area contributed by atoms with Crippen molar-refractivity contribution in [1.29, 1.82) is 0 Å². The van der Waals surface area contributed by atoms with Gasteiger partial charge in [0.2, 0.25) is 0 Å². The van der Waals surface area contributed by atoms with Crippen molar-refractivity contribution in [2.24, 2.45) is 5.92 Å². The molecule has 4 rings (SSSR count). The minimum atomic E-state index is -3.19. The normalized spacial score (nSPS) is 27.0. The van der Waals surface area contributed by atoms with Gasteiger partial charge in [-0.05, 0) is 14.1 Å². The van der Waals surface area contributed by atoms with Crippen molar-refractivity contribution in [1.82, 2.24) is 15.0 Å². The minimum Gasteiger partial charge on any atom is -0.363 e. The molecule has 0 bridgehead atoms. The van der Waals surface area contributed by atoms with Gasteiger partial charge in [-0.3, -0.25) is 4.79 Å². The molecule has 0 aliphatic carbocycles. The molecule has 0 spiro atoms. The van der Waals surface area contributed by atoms with Gasteiger partial charge in [-0.1, -0.05) is 35.5 Å². The van der Waals surface area contributed by atoms with Crippen molar-refractivity contribution in [3.63, 3.8) is 0 Å². The molecule has 2 fully saturated rings. The molecule has 0 unspecified atom stereocenters. The molecule has 3 heterocycles. The molecule has 26 heavy (non-hydrogen) atoms. The molecule has 1 aromatic carbocycles. The first kappa shape index (κ1) is 17.2. The first-order valence-corrected chi connectivity index (χ1v) is 10.3. The minimum absolute atomic E-state index is 0.0565. The Morgan fingerprint density at radius 2 is 1.96 bits per heavy atom. The van der Waals surface area contributed by atoms with Crippen LogP contribution in [-0.4, -0.2) is 73.5 Å². The van der Waals surface area contributed by atoms with Gasteiger partial charge in [-0.15, -0.1) is 0 Å². The highest BCUT2D eigenvalue weighted by Crippen LogP contribution is 2.37. The number of amides is 1. The Kier molecular flexibility index (Phi) is 4.11. The van der Waals surface area contributed by atoms with Gasteiger partial charge in [0.1, 0.15) is 17.5 Å². The van der Waals surface area contributed by atoms with Crippen LogP contribution in [0.2, 0.25) is 0 Å². The van der Waals surface area contributed by atoms with Crippen molar-refractivity contribution in [2.45, 2.75) is 11.3 Å². The zero-order valence-corrected chi connectivity index (χ0v) is 15.5. The lowest BCUT2D eigenvalue weighted by molar-refractivity contribution is 0.0779. The summed E-state index contributed by atoms with van der Waals surface area (Å²) >= 11 is 0. The van der Waals surface area contributed by atoms with Crippen molar-refractivity contribution in [3.8, 4) is 11.3 Å². The van der Waals surface area contributed by atoms with Crippen LogP contribution in [0.5, 0.6) is 0 Å². The maximum atomic E-state index is 13.0. The summed E-state index contributed by atoms with van der Waals surface area (Å²) in [5.74, 6) is -0.119. The summed E-state index contributed by atoms with van der Waals surface area (Å²) in [7, 11) is 0.589. The molecule has 0 N–H and O–H groups in total. The van der Waals surface area contributed by atoms with E-state index in [4.69, 9.17) is 4.52 Å². The van der Waals surface area contributed by atoms with Gasteiger partial charge in [-0.25, -0.2) is 8.42 Å². The molecular formula is C18H21N3O4S. The third kappa shape index (κ3) is 2.73. The molecule has 1 amide bonds. The van der Waals surface area contributed by atoms with E-state index in [9.17, 15) is 13.2 Å². The lowest BCUT2D eigenvalue weighted by Crippen LogP contribution is -2.38. The second kappa shape index (κ2) is 6.21. The number of hydrogen-bond acceptors (Lipinski definition) is 6. The summed E-state index contributed by atoms with van der Waals surface area (Å²) in [6.07, 6.45) is 1.34. The maximum absolute atomic E-state index is 13.0. The van der Waals surface area contributed by atoms with E-state index in [1.165, 1.54) is 6.26 Å². The van der Waals surface area contributed by atoms with Gasteiger partial charge in [0.05, 0.1) is 11.0 Å². The highest BCUT2D eigenvalue weighted by molar-refractivity contribution is 7.92. The van der Waals surface area contributed by atoms with Crippen LogP contribution in [0.4, 0.5) is 0 Å². The number of aromatic nitrogens is 1. The summed E-state index contributed by atoms with van der Waals surface area (Å²) in [5.41, 5.74) is 1.65. The van der Waals surface area contributed by atoms with Crippen LogP contribution in [0.25, 0.3) is 11.3 Å². The first-order valence-electron chi connectivity index (χ1n) is 8.55. The van der Waals surface area contributed by atoms with Gasteiger partial charge in [0, 0.05) is 30.6 Å². The van der Waals surface area contributed by atoms with E-state index >= 15 is 0 Å². The average molecular weight is 375 g/mol. The molecule has 2 aliphatic heterocycles. The Hall–Kier alpha value is -2.19. The number of nitrogens with zero attached hydrogens (tertiary/aromatic N) is 3. The van der Waals surface area contributed by atoms with Crippen LogP contribution in [-0.2, 0) is 9.84 Å². The predicted molar refractivity (Wildman–Crippen MR) is 96.4 cm³/mol. The Bertz CT molecular complexity index is 923. The summed E-state index contributed by atoms with van der Waals surface area (Å²) in [4.78, 5) is 16.6. The number of likely N-dealkylation sites (tertiary alicyclic amines) is 1. The van der Waals surface area contributed by atoms with E-state index < -0.39 is 15.1 Å². The van der Waals surface area contributed by atoms with E-state index in [1.807, 2.05) is 49.3 Å². The smallest absolute Gasteiger partial charge is 0.259 e. The molecule has 7 nitrogen and oxygen atoms in total. The standard InChI is InChI=1S/C18H21N3O4S/c1-20(2)15-11-26(23,24)16-9-21(8-13(15)16)18(22)14-10-25-19-17(14)12-6-4-3-5-7-12/h3-7,10,13,15-16H,8-9,11H2,1-2H3/t13-,15-,16-/m0/s1. The van der Waals surface area contributed by atoms with Crippen LogP contribution >= 0.6 is 0 Å². The van der Waals surface area contributed by atoms with E-state index in [-0.39, 0.29) is 30.2 Å². The Morgan fingerprint density at radius 1 is 1.23 bits per heavy atom. The number of fused-ring (bicyclic) bond motifs is 1. The third-order valence-electron chi connectivity index (χ3n) is 5.47. The van der Waals surface area contributed by atoms with Crippen LogP contribution in [0, 0.1) is 5.92 Å². The number of rotatable bonds is 3. The highest BCUT2D eigenvalue weighted by Gasteiger charge is 2.53. The monoisotopic (exact) mass is 375 g/mol. The van der Waals surface area contributed by atoms with Crippen LogP contribution in [0.3, 0.4) is 0 Å². The van der Waals surface area contributed by atoms with Gasteiger partial charge in [0.15, 0.2) is 9.84 Å². The van der Waals surface area contributed by atoms with Crippen molar-refractivity contribution < 1.29 is 17.7 Å². The Labute approximate surface area is 152 Å². The lowest BCUT2D eigenvalue weighted by Gasteiger charge is -2.25. The van der Waals surface area contributed by atoms with Crippen molar-refractivity contribution >= 4 is 15.7 Å². The average Bonchev–Trinajstić information content (AvgIpc) is 3.31. The van der Waals surface area contributed by atoms with E-state index in [0.29, 0.717) is 17.8 Å². The number of hydrogen-bond donors (Lipinski definition) is 0. The molecule has 2 saturated heterocycles. The zero-order valence-electron chi connectivity index (χ0n) is 14.7. The molecule has 0 radical (unpaired) electrons. The summed E-state index contributed by atoms with van der Waals surface area (Å²) in [5, 5.41) is 3.49. The third-order valence-corrected chi connectivity index (χ3v) is 7.69. The van der Waals surface area contributed by atoms with E-state index in [0.717, 1.165) is 5.56 Å². The second-order valence-electron chi connectivity index (χ2n) is 7.22.